The molecule has 5 heteroatoms. The van der Waals surface area contributed by atoms with Crippen LogP contribution in [0.5, 0.6) is 5.88 Å². The van der Waals surface area contributed by atoms with Crippen molar-refractivity contribution >= 4 is 5.78 Å². The van der Waals surface area contributed by atoms with E-state index in [1.54, 1.807) is 0 Å². The van der Waals surface area contributed by atoms with Crippen LogP contribution in [0.3, 0.4) is 0 Å². The zero-order chi connectivity index (χ0) is 11.4. The Labute approximate surface area is 87.5 Å². The number of aromatic hydroxyl groups is 1. The van der Waals surface area contributed by atoms with E-state index in [0.717, 1.165) is 12.8 Å². The largest absolute Gasteiger partial charge is 0.493 e. The zero-order valence-electron chi connectivity index (χ0n) is 8.96. The molecule has 0 aliphatic carbocycles. The summed E-state index contributed by atoms with van der Waals surface area (Å²) in [6.07, 6.45) is 2.30. The number of nitrogens with one attached hydrogen (secondary N) is 2. The van der Waals surface area contributed by atoms with Crippen LogP contribution in [-0.4, -0.2) is 21.1 Å². The highest BCUT2D eigenvalue weighted by Crippen LogP contribution is 2.19. The van der Waals surface area contributed by atoms with Crippen molar-refractivity contribution in [2.45, 2.75) is 33.1 Å². The summed E-state index contributed by atoms with van der Waals surface area (Å²) in [6, 6.07) is 0. The molecule has 0 bridgehead atoms. The summed E-state index contributed by atoms with van der Waals surface area (Å²) in [7, 11) is 0. The van der Waals surface area contributed by atoms with Crippen molar-refractivity contribution in [3.63, 3.8) is 0 Å². The lowest BCUT2D eigenvalue weighted by molar-refractivity contribution is 0.0905. The third-order valence-electron chi connectivity index (χ3n) is 2.51. The third kappa shape index (κ3) is 2.29. The number of hydrogen-bond acceptors (Lipinski definition) is 3. The van der Waals surface area contributed by atoms with Gasteiger partial charge >= 0.3 is 0 Å². The van der Waals surface area contributed by atoms with Gasteiger partial charge in [0.1, 0.15) is 5.56 Å². The second-order valence-corrected chi connectivity index (χ2v) is 3.56. The van der Waals surface area contributed by atoms with Gasteiger partial charge in [0.05, 0.1) is 0 Å². The molecular formula is C10H16N2O3. The van der Waals surface area contributed by atoms with Gasteiger partial charge in [0.25, 0.3) is 5.56 Å². The maximum atomic E-state index is 11.9. The number of Topliss-reactive ketones (excluding diaryl/α,β-unsaturated/α-hetero) is 1. The summed E-state index contributed by atoms with van der Waals surface area (Å²) < 4.78 is 0. The van der Waals surface area contributed by atoms with E-state index in [2.05, 4.69) is 10.2 Å². The zero-order valence-corrected chi connectivity index (χ0v) is 8.96. The van der Waals surface area contributed by atoms with Gasteiger partial charge in [-0.15, -0.1) is 0 Å². The highest BCUT2D eigenvalue weighted by molar-refractivity contribution is 5.99. The highest BCUT2D eigenvalue weighted by Gasteiger charge is 2.24. The van der Waals surface area contributed by atoms with Gasteiger partial charge < -0.3 is 5.11 Å². The fourth-order valence-corrected chi connectivity index (χ4v) is 1.65. The second kappa shape index (κ2) is 4.82. The van der Waals surface area contributed by atoms with Crippen molar-refractivity contribution in [1.29, 1.82) is 0 Å². The predicted octanol–water partition coefficient (Wildman–Crippen LogP) is 1.42. The first-order valence-corrected chi connectivity index (χ1v) is 5.15. The van der Waals surface area contributed by atoms with Gasteiger partial charge in [-0.2, -0.15) is 0 Å². The summed E-state index contributed by atoms with van der Waals surface area (Å²) in [5, 5.41) is 13.7. The highest BCUT2D eigenvalue weighted by atomic mass is 16.3. The number of H-pyrrole nitrogens is 2. The molecule has 1 heterocycles. The Kier molecular flexibility index (Phi) is 3.71. The minimum atomic E-state index is -0.549. The van der Waals surface area contributed by atoms with Crippen LogP contribution < -0.4 is 5.56 Å². The quantitative estimate of drug-likeness (QED) is 0.645. The van der Waals surface area contributed by atoms with Crippen LogP contribution in [0.2, 0.25) is 0 Å². The Balaban J connectivity index is 2.97. The van der Waals surface area contributed by atoms with Crippen LogP contribution >= 0.6 is 0 Å². The molecule has 0 amide bonds. The summed E-state index contributed by atoms with van der Waals surface area (Å²) in [5.41, 5.74) is -0.692. The second-order valence-electron chi connectivity index (χ2n) is 3.56. The Hall–Kier alpha value is -1.52. The first-order valence-electron chi connectivity index (χ1n) is 5.15. The van der Waals surface area contributed by atoms with E-state index in [1.165, 1.54) is 0 Å². The van der Waals surface area contributed by atoms with Crippen LogP contribution in [0.4, 0.5) is 0 Å². The fourth-order valence-electron chi connectivity index (χ4n) is 1.65. The lowest BCUT2D eigenvalue weighted by atomic mass is 9.92. The van der Waals surface area contributed by atoms with Crippen LogP contribution in [0.15, 0.2) is 4.79 Å². The van der Waals surface area contributed by atoms with E-state index >= 15 is 0 Å². The Morgan fingerprint density at radius 1 is 1.40 bits per heavy atom. The van der Waals surface area contributed by atoms with E-state index in [0.29, 0.717) is 6.42 Å². The number of aromatic nitrogens is 2. The topological polar surface area (TPSA) is 85.9 Å². The Morgan fingerprint density at radius 2 is 2.07 bits per heavy atom. The molecule has 0 fully saturated rings. The smallest absolute Gasteiger partial charge is 0.278 e. The van der Waals surface area contributed by atoms with E-state index in [-0.39, 0.29) is 23.1 Å². The summed E-state index contributed by atoms with van der Waals surface area (Å²) in [6.45, 7) is 3.88. The summed E-state index contributed by atoms with van der Waals surface area (Å²) in [5.74, 6) is -0.822. The molecule has 1 atom stereocenters. The number of hydrogen-bond donors (Lipinski definition) is 3. The van der Waals surface area contributed by atoms with Crippen molar-refractivity contribution in [2.75, 3.05) is 0 Å². The molecule has 1 rings (SSSR count). The van der Waals surface area contributed by atoms with Crippen molar-refractivity contribution in [2.24, 2.45) is 5.92 Å². The lowest BCUT2D eigenvalue weighted by Crippen LogP contribution is -2.20. The molecule has 1 unspecified atom stereocenters. The molecule has 84 valence electrons. The molecule has 0 saturated carbocycles. The van der Waals surface area contributed by atoms with Crippen molar-refractivity contribution < 1.29 is 9.90 Å². The minimum absolute atomic E-state index is 0.143. The van der Waals surface area contributed by atoms with Gasteiger partial charge in [0, 0.05) is 5.92 Å². The minimum Gasteiger partial charge on any atom is -0.493 e. The monoisotopic (exact) mass is 212 g/mol. The maximum Gasteiger partial charge on any atom is 0.278 e. The van der Waals surface area contributed by atoms with E-state index < -0.39 is 5.56 Å². The van der Waals surface area contributed by atoms with E-state index in [9.17, 15) is 14.7 Å². The normalized spacial score (nSPS) is 12.7. The number of carbonyl (C=O) groups is 1. The summed E-state index contributed by atoms with van der Waals surface area (Å²) in [4.78, 5) is 23.1. The number of ketones is 1. The van der Waals surface area contributed by atoms with Crippen LogP contribution in [0, 0.1) is 5.92 Å². The molecule has 1 aromatic rings. The Morgan fingerprint density at radius 3 is 2.47 bits per heavy atom. The number of carbonyl (C=O) groups excluding carboxylic acids is 1. The van der Waals surface area contributed by atoms with Gasteiger partial charge in [-0.1, -0.05) is 20.3 Å². The summed E-state index contributed by atoms with van der Waals surface area (Å²) >= 11 is 0. The van der Waals surface area contributed by atoms with Crippen LogP contribution in [0.1, 0.15) is 43.5 Å². The fraction of sp³-hybridized carbons (Fsp3) is 0.600. The maximum absolute atomic E-state index is 11.9. The molecule has 3 N–H and O–H groups in total. The Bertz CT molecular complexity index is 392. The standard InChI is InChI=1S/C10H16N2O3/c1-3-5-6(4-2)8(13)7-9(14)11-12-10(7)15/h6H,3-5H2,1-2H3,(H3,11,12,14,15). The van der Waals surface area contributed by atoms with Crippen LogP contribution in [-0.2, 0) is 0 Å². The molecule has 15 heavy (non-hydrogen) atoms. The van der Waals surface area contributed by atoms with Crippen molar-refractivity contribution in [3.05, 3.63) is 15.9 Å². The molecule has 1 aromatic heterocycles. The predicted molar refractivity (Wildman–Crippen MR) is 56.1 cm³/mol. The SMILES string of the molecule is CCCC(CC)C(=O)c1c(O)[nH][nH]c1=O. The van der Waals surface area contributed by atoms with Crippen molar-refractivity contribution in [3.8, 4) is 5.88 Å². The molecule has 0 aromatic carbocycles. The molecule has 0 aliphatic rings. The molecule has 0 saturated heterocycles. The van der Waals surface area contributed by atoms with Gasteiger partial charge in [0.15, 0.2) is 5.78 Å². The van der Waals surface area contributed by atoms with Crippen molar-refractivity contribution in [1.82, 2.24) is 10.2 Å². The van der Waals surface area contributed by atoms with E-state index in [4.69, 9.17) is 0 Å². The molecule has 5 nitrogen and oxygen atoms in total. The van der Waals surface area contributed by atoms with Gasteiger partial charge in [-0.05, 0) is 12.8 Å². The first kappa shape index (κ1) is 11.6. The molecule has 0 spiro atoms. The number of rotatable bonds is 5. The van der Waals surface area contributed by atoms with Gasteiger partial charge in [-0.3, -0.25) is 19.8 Å². The lowest BCUT2D eigenvalue weighted by Gasteiger charge is -2.10. The third-order valence-corrected chi connectivity index (χ3v) is 2.51. The van der Waals surface area contributed by atoms with Gasteiger partial charge in [-0.25, -0.2) is 0 Å². The van der Waals surface area contributed by atoms with Crippen LogP contribution in [0.25, 0.3) is 0 Å². The first-order chi connectivity index (χ1) is 7.11. The molecule has 0 radical (unpaired) electrons. The van der Waals surface area contributed by atoms with Gasteiger partial charge in [0.2, 0.25) is 5.88 Å². The molecular weight excluding hydrogens is 196 g/mol. The average Bonchev–Trinajstić information content (AvgIpc) is 2.54. The van der Waals surface area contributed by atoms with E-state index in [1.807, 2.05) is 13.8 Å². The number of aromatic amines is 2. The molecule has 0 aliphatic heterocycles. The average molecular weight is 212 g/mol.